The molecule has 1 aromatic heterocycles. The molecule has 1 atom stereocenters. The summed E-state index contributed by atoms with van der Waals surface area (Å²) in [6, 6.07) is 7.22. The van der Waals surface area contributed by atoms with E-state index in [0.29, 0.717) is 23.8 Å². The van der Waals surface area contributed by atoms with Crippen molar-refractivity contribution in [3.8, 4) is 11.4 Å². The van der Waals surface area contributed by atoms with Gasteiger partial charge in [0.15, 0.2) is 0 Å². The minimum absolute atomic E-state index is 0.0910. The fourth-order valence-corrected chi connectivity index (χ4v) is 2.63. The number of carbonyl (C=O) groups is 1. The minimum atomic E-state index is -0.0910. The molecule has 1 amide bonds. The predicted molar refractivity (Wildman–Crippen MR) is 89.7 cm³/mol. The van der Waals surface area contributed by atoms with E-state index in [0.717, 1.165) is 31.4 Å². The molecule has 1 saturated heterocycles. The van der Waals surface area contributed by atoms with E-state index in [4.69, 9.17) is 9.26 Å². The van der Waals surface area contributed by atoms with E-state index in [-0.39, 0.29) is 17.9 Å². The molecule has 3 rings (SSSR count). The summed E-state index contributed by atoms with van der Waals surface area (Å²) in [6.45, 7) is 5.35. The summed E-state index contributed by atoms with van der Waals surface area (Å²) < 4.78 is 10.8. The monoisotopic (exact) mass is 329 g/mol. The first-order valence-corrected chi connectivity index (χ1v) is 8.47. The van der Waals surface area contributed by atoms with Gasteiger partial charge in [0, 0.05) is 30.2 Å². The molecular formula is C18H23N3O3. The SMILES string of the molecule is CC(C)c1nc(-c2ccc(C(=O)NCC3CCCCO3)cc2)no1. The summed E-state index contributed by atoms with van der Waals surface area (Å²) in [4.78, 5) is 16.6. The zero-order chi connectivity index (χ0) is 16.9. The van der Waals surface area contributed by atoms with E-state index in [9.17, 15) is 4.79 Å². The first kappa shape index (κ1) is 16.6. The number of carbonyl (C=O) groups excluding carboxylic acids is 1. The Balaban J connectivity index is 1.59. The van der Waals surface area contributed by atoms with Crippen molar-refractivity contribution in [2.45, 2.75) is 45.1 Å². The van der Waals surface area contributed by atoms with Gasteiger partial charge in [0.1, 0.15) is 0 Å². The maximum Gasteiger partial charge on any atom is 0.251 e. The zero-order valence-corrected chi connectivity index (χ0v) is 14.1. The fourth-order valence-electron chi connectivity index (χ4n) is 2.63. The highest BCUT2D eigenvalue weighted by Crippen LogP contribution is 2.20. The molecule has 0 bridgehead atoms. The number of hydrogen-bond donors (Lipinski definition) is 1. The normalized spacial score (nSPS) is 17.9. The highest BCUT2D eigenvalue weighted by molar-refractivity contribution is 5.94. The highest BCUT2D eigenvalue weighted by atomic mass is 16.5. The molecule has 6 heteroatoms. The summed E-state index contributed by atoms with van der Waals surface area (Å²) in [7, 11) is 0. The number of amides is 1. The van der Waals surface area contributed by atoms with Crippen LogP contribution in [0.15, 0.2) is 28.8 Å². The first-order valence-electron chi connectivity index (χ1n) is 8.47. The maximum atomic E-state index is 12.2. The van der Waals surface area contributed by atoms with Crippen LogP contribution in [-0.4, -0.2) is 35.3 Å². The van der Waals surface area contributed by atoms with Gasteiger partial charge in [-0.2, -0.15) is 4.98 Å². The molecule has 0 saturated carbocycles. The van der Waals surface area contributed by atoms with Crippen LogP contribution >= 0.6 is 0 Å². The van der Waals surface area contributed by atoms with Crippen LogP contribution in [0.2, 0.25) is 0 Å². The summed E-state index contributed by atoms with van der Waals surface area (Å²) in [5, 5.41) is 6.91. The molecule has 1 aliphatic heterocycles. The lowest BCUT2D eigenvalue weighted by Crippen LogP contribution is -2.35. The average Bonchev–Trinajstić information content (AvgIpc) is 3.11. The van der Waals surface area contributed by atoms with Gasteiger partial charge in [0.2, 0.25) is 11.7 Å². The van der Waals surface area contributed by atoms with Gasteiger partial charge in [-0.3, -0.25) is 4.79 Å². The van der Waals surface area contributed by atoms with Crippen molar-refractivity contribution in [2.24, 2.45) is 0 Å². The molecule has 2 aromatic rings. The topological polar surface area (TPSA) is 77.2 Å². The first-order chi connectivity index (χ1) is 11.6. The standard InChI is InChI=1S/C18H23N3O3/c1-12(2)18-20-16(21-24-18)13-6-8-14(9-7-13)17(22)19-11-15-5-3-4-10-23-15/h6-9,12,15H,3-5,10-11H2,1-2H3,(H,19,22). The third kappa shape index (κ3) is 4.00. The molecule has 1 N–H and O–H groups in total. The highest BCUT2D eigenvalue weighted by Gasteiger charge is 2.16. The van der Waals surface area contributed by atoms with Crippen LogP contribution in [0.4, 0.5) is 0 Å². The molecule has 1 aliphatic rings. The van der Waals surface area contributed by atoms with Crippen molar-refractivity contribution in [1.82, 2.24) is 15.5 Å². The molecule has 128 valence electrons. The Labute approximate surface area is 141 Å². The Morgan fingerprint density at radius 2 is 2.08 bits per heavy atom. The third-order valence-corrected chi connectivity index (χ3v) is 4.11. The van der Waals surface area contributed by atoms with Crippen molar-refractivity contribution >= 4 is 5.91 Å². The van der Waals surface area contributed by atoms with Crippen molar-refractivity contribution in [1.29, 1.82) is 0 Å². The van der Waals surface area contributed by atoms with E-state index in [1.54, 1.807) is 12.1 Å². The average molecular weight is 329 g/mol. The molecule has 1 aromatic carbocycles. The number of ether oxygens (including phenoxy) is 1. The molecule has 6 nitrogen and oxygen atoms in total. The second kappa shape index (κ2) is 7.57. The molecule has 0 radical (unpaired) electrons. The van der Waals surface area contributed by atoms with Crippen molar-refractivity contribution in [2.75, 3.05) is 13.2 Å². The van der Waals surface area contributed by atoms with Crippen LogP contribution in [0.1, 0.15) is 55.3 Å². The molecule has 1 unspecified atom stereocenters. The Bertz CT molecular complexity index is 673. The van der Waals surface area contributed by atoms with E-state index in [2.05, 4.69) is 15.5 Å². The molecule has 24 heavy (non-hydrogen) atoms. The smallest absolute Gasteiger partial charge is 0.251 e. The number of rotatable bonds is 5. The maximum absolute atomic E-state index is 12.2. The van der Waals surface area contributed by atoms with Gasteiger partial charge in [0.05, 0.1) is 6.10 Å². The molecule has 2 heterocycles. The van der Waals surface area contributed by atoms with E-state index < -0.39 is 0 Å². The molecule has 0 aliphatic carbocycles. The van der Waals surface area contributed by atoms with Gasteiger partial charge >= 0.3 is 0 Å². The molecule has 0 spiro atoms. The summed E-state index contributed by atoms with van der Waals surface area (Å²) in [5.41, 5.74) is 1.44. The van der Waals surface area contributed by atoms with E-state index in [1.807, 2.05) is 26.0 Å². The van der Waals surface area contributed by atoms with Gasteiger partial charge < -0.3 is 14.6 Å². The summed E-state index contributed by atoms with van der Waals surface area (Å²) in [6.07, 6.45) is 3.42. The van der Waals surface area contributed by atoms with Crippen molar-refractivity contribution in [3.63, 3.8) is 0 Å². The second-order valence-electron chi connectivity index (χ2n) is 6.39. The number of hydrogen-bond acceptors (Lipinski definition) is 5. The lowest BCUT2D eigenvalue weighted by Gasteiger charge is -2.22. The summed E-state index contributed by atoms with van der Waals surface area (Å²) in [5.74, 6) is 1.26. The Morgan fingerprint density at radius 1 is 1.29 bits per heavy atom. The quantitative estimate of drug-likeness (QED) is 0.912. The van der Waals surface area contributed by atoms with Crippen molar-refractivity contribution in [3.05, 3.63) is 35.7 Å². The fraction of sp³-hybridized carbons (Fsp3) is 0.500. The largest absolute Gasteiger partial charge is 0.376 e. The minimum Gasteiger partial charge on any atom is -0.376 e. The van der Waals surface area contributed by atoms with Gasteiger partial charge in [-0.1, -0.05) is 31.1 Å². The van der Waals surface area contributed by atoms with Gasteiger partial charge in [0.25, 0.3) is 5.91 Å². The Kier molecular flexibility index (Phi) is 5.25. The third-order valence-electron chi connectivity index (χ3n) is 4.11. The van der Waals surface area contributed by atoms with Crippen LogP contribution in [0.5, 0.6) is 0 Å². The molecular weight excluding hydrogens is 306 g/mol. The molecule has 1 fully saturated rings. The van der Waals surface area contributed by atoms with Crippen LogP contribution in [-0.2, 0) is 4.74 Å². The van der Waals surface area contributed by atoms with Crippen LogP contribution in [0.25, 0.3) is 11.4 Å². The zero-order valence-electron chi connectivity index (χ0n) is 14.1. The van der Waals surface area contributed by atoms with E-state index in [1.165, 1.54) is 0 Å². The predicted octanol–water partition coefficient (Wildman–Crippen LogP) is 3.16. The lowest BCUT2D eigenvalue weighted by atomic mass is 10.1. The second-order valence-corrected chi connectivity index (χ2v) is 6.39. The Hall–Kier alpha value is -2.21. The van der Waals surface area contributed by atoms with Crippen molar-refractivity contribution < 1.29 is 14.1 Å². The number of nitrogens with one attached hydrogen (secondary N) is 1. The van der Waals surface area contributed by atoms with Gasteiger partial charge in [-0.25, -0.2) is 0 Å². The van der Waals surface area contributed by atoms with Crippen LogP contribution < -0.4 is 5.32 Å². The Morgan fingerprint density at radius 3 is 2.71 bits per heavy atom. The van der Waals surface area contributed by atoms with Crippen LogP contribution in [0, 0.1) is 0 Å². The summed E-state index contributed by atoms with van der Waals surface area (Å²) >= 11 is 0. The number of benzene rings is 1. The lowest BCUT2D eigenvalue weighted by molar-refractivity contribution is 0.0169. The van der Waals surface area contributed by atoms with Crippen LogP contribution in [0.3, 0.4) is 0 Å². The number of aromatic nitrogens is 2. The number of nitrogens with zero attached hydrogens (tertiary/aromatic N) is 2. The van der Waals surface area contributed by atoms with Gasteiger partial charge in [-0.05, 0) is 31.4 Å². The van der Waals surface area contributed by atoms with Gasteiger partial charge in [-0.15, -0.1) is 0 Å². The van der Waals surface area contributed by atoms with E-state index >= 15 is 0 Å².